The lowest BCUT2D eigenvalue weighted by Crippen LogP contribution is -2.43. The first-order chi connectivity index (χ1) is 13.4. The maximum Gasteiger partial charge on any atom is 0.228 e. The second kappa shape index (κ2) is 9.55. The smallest absolute Gasteiger partial charge is 0.228 e. The lowest BCUT2D eigenvalue weighted by molar-refractivity contribution is -0.135. The summed E-state index contributed by atoms with van der Waals surface area (Å²) in [6.07, 6.45) is 7.04. The number of benzene rings is 1. The Morgan fingerprint density at radius 3 is 2.71 bits per heavy atom. The van der Waals surface area contributed by atoms with E-state index in [1.54, 1.807) is 0 Å². The van der Waals surface area contributed by atoms with Crippen LogP contribution in [0, 0.1) is 12.8 Å². The summed E-state index contributed by atoms with van der Waals surface area (Å²) >= 11 is 6.21. The van der Waals surface area contributed by atoms with Crippen molar-refractivity contribution in [1.29, 1.82) is 0 Å². The number of carbonyl (C=O) groups is 1. The molecule has 5 nitrogen and oxygen atoms in total. The maximum absolute atomic E-state index is 12.8. The molecule has 0 bridgehead atoms. The lowest BCUT2D eigenvalue weighted by Gasteiger charge is -2.34. The number of rotatable bonds is 7. The average Bonchev–Trinajstić information content (AvgIpc) is 3.13. The van der Waals surface area contributed by atoms with Crippen molar-refractivity contribution < 1.29 is 9.32 Å². The fraction of sp³-hybridized carbons (Fsp3) is 0.591. The van der Waals surface area contributed by atoms with Crippen LogP contribution in [-0.2, 0) is 11.2 Å². The van der Waals surface area contributed by atoms with E-state index in [1.165, 1.54) is 19.3 Å². The summed E-state index contributed by atoms with van der Waals surface area (Å²) in [5, 5.41) is 4.78. The van der Waals surface area contributed by atoms with Gasteiger partial charge in [0.1, 0.15) is 0 Å². The van der Waals surface area contributed by atoms with Gasteiger partial charge in [-0.1, -0.05) is 62.0 Å². The number of nitrogens with zero attached hydrogens (tertiary/aromatic N) is 3. The Morgan fingerprint density at radius 1 is 1.29 bits per heavy atom. The van der Waals surface area contributed by atoms with Crippen LogP contribution in [0.15, 0.2) is 22.7 Å². The number of hydrogen-bond donors (Lipinski definition) is 0. The van der Waals surface area contributed by atoms with Gasteiger partial charge in [0.15, 0.2) is 0 Å². The van der Waals surface area contributed by atoms with Crippen LogP contribution in [0.2, 0.25) is 5.02 Å². The quantitative estimate of drug-likeness (QED) is 0.616. The van der Waals surface area contributed by atoms with E-state index in [9.17, 15) is 4.79 Å². The standard InChI is InChI=1S/C22H30ClN3O2/c1-15(2)13-21(27)26(18-7-5-4-6-8-18)12-11-20-24-22(25-28-20)17-10-9-16(3)19(23)14-17/h9-10,14-15,18H,4-8,11-13H2,1-3H3. The highest BCUT2D eigenvalue weighted by Gasteiger charge is 2.26. The zero-order valence-corrected chi connectivity index (χ0v) is 17.8. The van der Waals surface area contributed by atoms with Crippen molar-refractivity contribution in [2.24, 2.45) is 5.92 Å². The Hall–Kier alpha value is -1.88. The molecular weight excluding hydrogens is 374 g/mol. The summed E-state index contributed by atoms with van der Waals surface area (Å²) in [5.41, 5.74) is 1.85. The molecule has 0 saturated heterocycles. The van der Waals surface area contributed by atoms with Gasteiger partial charge < -0.3 is 9.42 Å². The van der Waals surface area contributed by atoms with Crippen LogP contribution in [0.5, 0.6) is 0 Å². The molecule has 1 aromatic heterocycles. The SMILES string of the molecule is Cc1ccc(-c2noc(CCN(C(=O)CC(C)C)C3CCCCC3)n2)cc1Cl. The minimum atomic E-state index is 0.243. The average molecular weight is 404 g/mol. The maximum atomic E-state index is 12.8. The molecule has 0 spiro atoms. The molecule has 1 amide bonds. The molecule has 1 aliphatic rings. The Bertz CT molecular complexity index is 797. The zero-order valence-electron chi connectivity index (χ0n) is 17.1. The van der Waals surface area contributed by atoms with Crippen molar-refractivity contribution in [3.8, 4) is 11.4 Å². The molecule has 28 heavy (non-hydrogen) atoms. The number of amides is 1. The Morgan fingerprint density at radius 2 is 2.04 bits per heavy atom. The predicted molar refractivity (Wildman–Crippen MR) is 111 cm³/mol. The van der Waals surface area contributed by atoms with Gasteiger partial charge in [-0.05, 0) is 37.3 Å². The van der Waals surface area contributed by atoms with Gasteiger partial charge >= 0.3 is 0 Å². The second-order valence-corrected chi connectivity index (χ2v) is 8.61. The summed E-state index contributed by atoms with van der Waals surface area (Å²) in [6.45, 7) is 6.77. The number of hydrogen-bond acceptors (Lipinski definition) is 4. The van der Waals surface area contributed by atoms with Crippen LogP contribution < -0.4 is 0 Å². The van der Waals surface area contributed by atoms with Crippen LogP contribution in [0.1, 0.15) is 63.8 Å². The molecule has 152 valence electrons. The highest BCUT2D eigenvalue weighted by atomic mass is 35.5. The van der Waals surface area contributed by atoms with Gasteiger partial charge in [-0.25, -0.2) is 0 Å². The molecule has 1 aliphatic carbocycles. The van der Waals surface area contributed by atoms with E-state index in [2.05, 4.69) is 28.9 Å². The van der Waals surface area contributed by atoms with Crippen molar-refractivity contribution in [2.75, 3.05) is 6.54 Å². The third kappa shape index (κ3) is 5.34. The minimum absolute atomic E-state index is 0.243. The monoisotopic (exact) mass is 403 g/mol. The first-order valence-corrected chi connectivity index (χ1v) is 10.7. The third-order valence-corrected chi connectivity index (χ3v) is 5.79. The molecule has 6 heteroatoms. The molecule has 1 saturated carbocycles. The summed E-state index contributed by atoms with van der Waals surface area (Å²) < 4.78 is 5.45. The van der Waals surface area contributed by atoms with Crippen molar-refractivity contribution in [1.82, 2.24) is 15.0 Å². The molecule has 0 unspecified atom stereocenters. The Balaban J connectivity index is 1.68. The van der Waals surface area contributed by atoms with E-state index in [0.717, 1.165) is 24.0 Å². The van der Waals surface area contributed by atoms with Crippen LogP contribution in [0.3, 0.4) is 0 Å². The van der Waals surface area contributed by atoms with Crippen LogP contribution in [-0.4, -0.2) is 33.5 Å². The molecule has 1 fully saturated rings. The zero-order chi connectivity index (χ0) is 20.1. The van der Waals surface area contributed by atoms with Crippen LogP contribution in [0.25, 0.3) is 11.4 Å². The molecule has 0 radical (unpaired) electrons. The third-order valence-electron chi connectivity index (χ3n) is 5.38. The van der Waals surface area contributed by atoms with E-state index in [0.29, 0.717) is 48.1 Å². The first-order valence-electron chi connectivity index (χ1n) is 10.3. The predicted octanol–water partition coefficient (Wildman–Crippen LogP) is 5.45. The molecule has 3 rings (SSSR count). The summed E-state index contributed by atoms with van der Waals surface area (Å²) in [6, 6.07) is 6.09. The highest BCUT2D eigenvalue weighted by Crippen LogP contribution is 2.25. The number of carbonyl (C=O) groups excluding carboxylic acids is 1. The number of aryl methyl sites for hydroxylation is 1. The van der Waals surface area contributed by atoms with Crippen molar-refractivity contribution >= 4 is 17.5 Å². The van der Waals surface area contributed by atoms with E-state index in [4.69, 9.17) is 16.1 Å². The largest absolute Gasteiger partial charge is 0.339 e. The molecule has 0 N–H and O–H groups in total. The van der Waals surface area contributed by atoms with E-state index in [-0.39, 0.29) is 5.91 Å². The van der Waals surface area contributed by atoms with E-state index in [1.807, 2.05) is 25.1 Å². The second-order valence-electron chi connectivity index (χ2n) is 8.20. The van der Waals surface area contributed by atoms with Crippen molar-refractivity contribution in [3.63, 3.8) is 0 Å². The summed E-state index contributed by atoms with van der Waals surface area (Å²) in [4.78, 5) is 19.4. The highest BCUT2D eigenvalue weighted by molar-refractivity contribution is 6.31. The van der Waals surface area contributed by atoms with Gasteiger partial charge in [-0.3, -0.25) is 4.79 Å². The fourth-order valence-corrected chi connectivity index (χ4v) is 3.97. The summed E-state index contributed by atoms with van der Waals surface area (Å²) in [5.74, 6) is 1.70. The topological polar surface area (TPSA) is 59.2 Å². The normalized spacial score (nSPS) is 15.2. The summed E-state index contributed by atoms with van der Waals surface area (Å²) in [7, 11) is 0. The molecule has 2 aromatic rings. The number of halogens is 1. The Kier molecular flexibility index (Phi) is 7.11. The van der Waals surface area contributed by atoms with E-state index < -0.39 is 0 Å². The molecule has 0 atom stereocenters. The van der Waals surface area contributed by atoms with Gasteiger partial charge in [0.05, 0.1) is 0 Å². The Labute approximate surface area is 172 Å². The van der Waals surface area contributed by atoms with Gasteiger partial charge in [0.2, 0.25) is 17.6 Å². The molecular formula is C22H30ClN3O2. The lowest BCUT2D eigenvalue weighted by atomic mass is 9.93. The fourth-order valence-electron chi connectivity index (χ4n) is 3.79. The van der Waals surface area contributed by atoms with Gasteiger partial charge in [0, 0.05) is 36.0 Å². The molecule has 1 aromatic carbocycles. The van der Waals surface area contributed by atoms with Crippen LogP contribution in [0.4, 0.5) is 0 Å². The van der Waals surface area contributed by atoms with Gasteiger partial charge in [0.25, 0.3) is 0 Å². The first kappa shape index (κ1) is 20.8. The number of aromatic nitrogens is 2. The van der Waals surface area contributed by atoms with Crippen molar-refractivity contribution in [2.45, 2.75) is 71.8 Å². The van der Waals surface area contributed by atoms with Crippen molar-refractivity contribution in [3.05, 3.63) is 34.7 Å². The van der Waals surface area contributed by atoms with E-state index >= 15 is 0 Å². The van der Waals surface area contributed by atoms with Crippen LogP contribution >= 0.6 is 11.6 Å². The molecule has 1 heterocycles. The van der Waals surface area contributed by atoms with Gasteiger partial charge in [-0.2, -0.15) is 4.98 Å². The minimum Gasteiger partial charge on any atom is -0.339 e. The molecule has 0 aliphatic heterocycles. The van der Waals surface area contributed by atoms with Gasteiger partial charge in [-0.15, -0.1) is 0 Å².